The lowest BCUT2D eigenvalue weighted by Crippen LogP contribution is -2.31. The second kappa shape index (κ2) is 11.7. The van der Waals surface area contributed by atoms with Gasteiger partial charge in [-0.15, -0.1) is 0 Å². The van der Waals surface area contributed by atoms with Crippen molar-refractivity contribution in [1.82, 2.24) is 4.47 Å². The van der Waals surface area contributed by atoms with E-state index in [0.717, 1.165) is 26.7 Å². The zero-order valence-corrected chi connectivity index (χ0v) is 23.3. The third kappa shape index (κ3) is 5.94. The van der Waals surface area contributed by atoms with Crippen LogP contribution >= 0.6 is 15.9 Å². The summed E-state index contributed by atoms with van der Waals surface area (Å²) in [7, 11) is -3.90. The number of rotatable bonds is 9. The summed E-state index contributed by atoms with van der Waals surface area (Å²) in [4.78, 5) is 5.64. The molecule has 0 aliphatic carbocycles. The molecule has 4 aromatic rings. The van der Waals surface area contributed by atoms with Gasteiger partial charge in [0.15, 0.2) is 11.5 Å². The van der Waals surface area contributed by atoms with Crippen molar-refractivity contribution in [3.63, 3.8) is 0 Å². The highest BCUT2D eigenvalue weighted by atomic mass is 79.9. The highest BCUT2D eigenvalue weighted by Gasteiger charge is 2.43. The van der Waals surface area contributed by atoms with E-state index < -0.39 is 16.1 Å². The van der Waals surface area contributed by atoms with Gasteiger partial charge in [0.2, 0.25) is 0 Å². The highest BCUT2D eigenvalue weighted by molar-refractivity contribution is 9.09. The van der Waals surface area contributed by atoms with Crippen LogP contribution in [0.2, 0.25) is 0 Å². The van der Waals surface area contributed by atoms with Crippen molar-refractivity contribution in [3.8, 4) is 11.5 Å². The smallest absolute Gasteiger partial charge is 0.265 e. The minimum absolute atomic E-state index is 0.179. The van der Waals surface area contributed by atoms with Gasteiger partial charge < -0.3 is 9.47 Å². The van der Waals surface area contributed by atoms with Crippen LogP contribution in [0.3, 0.4) is 0 Å². The lowest BCUT2D eigenvalue weighted by atomic mass is 10.0. The summed E-state index contributed by atoms with van der Waals surface area (Å²) in [5.41, 5.74) is 3.76. The standard InChI is InChI=1S/C30H28BrNO5S/c1-22-12-15-26(16-13-22)38(33,34)32-30(27(31)21-37-32)25-14-17-28(35-19-23-8-4-2-5-9-23)29(18-25)36-20-24-10-6-3-7-11-24/h2-18,27,30H,19-21H2,1H3/t27-,30+/m0/s1. The van der Waals surface area contributed by atoms with Gasteiger partial charge in [-0.1, -0.05) is 105 Å². The number of hydrogen-bond donors (Lipinski definition) is 0. The number of nitrogens with zero attached hydrogens (tertiary/aromatic N) is 1. The summed E-state index contributed by atoms with van der Waals surface area (Å²) < 4.78 is 40.5. The molecule has 1 aliphatic rings. The van der Waals surface area contributed by atoms with Gasteiger partial charge in [0, 0.05) is 0 Å². The summed E-state index contributed by atoms with van der Waals surface area (Å²) in [6.07, 6.45) is 0. The Labute approximate surface area is 231 Å². The highest BCUT2D eigenvalue weighted by Crippen LogP contribution is 2.42. The van der Waals surface area contributed by atoms with Crippen molar-refractivity contribution in [3.05, 3.63) is 125 Å². The molecule has 2 atom stereocenters. The molecule has 4 aromatic carbocycles. The molecular weight excluding hydrogens is 566 g/mol. The molecule has 1 fully saturated rings. The fourth-order valence-corrected chi connectivity index (χ4v) is 6.47. The van der Waals surface area contributed by atoms with Crippen LogP contribution in [0.15, 0.2) is 108 Å². The van der Waals surface area contributed by atoms with Gasteiger partial charge in [-0.05, 0) is 47.9 Å². The van der Waals surface area contributed by atoms with Crippen molar-refractivity contribution < 1.29 is 22.7 Å². The van der Waals surface area contributed by atoms with Gasteiger partial charge in [-0.25, -0.2) is 8.42 Å². The first-order valence-corrected chi connectivity index (χ1v) is 14.6. The monoisotopic (exact) mass is 593 g/mol. The van der Waals surface area contributed by atoms with Crippen LogP contribution in [0.4, 0.5) is 0 Å². The number of aryl methyl sites for hydroxylation is 1. The molecule has 0 radical (unpaired) electrons. The summed E-state index contributed by atoms with van der Waals surface area (Å²) in [5.74, 6) is 1.10. The fraction of sp³-hybridized carbons (Fsp3) is 0.200. The third-order valence-corrected chi connectivity index (χ3v) is 8.71. The molecule has 6 nitrogen and oxygen atoms in total. The van der Waals surface area contributed by atoms with E-state index in [0.29, 0.717) is 24.7 Å². The number of benzene rings is 4. The van der Waals surface area contributed by atoms with Gasteiger partial charge in [0.1, 0.15) is 13.2 Å². The first-order valence-electron chi connectivity index (χ1n) is 12.3. The number of hydroxylamine groups is 1. The van der Waals surface area contributed by atoms with E-state index in [-0.39, 0.29) is 16.3 Å². The summed E-state index contributed by atoms with van der Waals surface area (Å²) in [6, 6.07) is 31.4. The maximum atomic E-state index is 13.5. The van der Waals surface area contributed by atoms with Crippen LogP contribution in [0, 0.1) is 6.92 Å². The van der Waals surface area contributed by atoms with Crippen LogP contribution in [0.1, 0.15) is 28.3 Å². The molecule has 8 heteroatoms. The van der Waals surface area contributed by atoms with Crippen molar-refractivity contribution in [2.75, 3.05) is 6.61 Å². The maximum Gasteiger partial charge on any atom is 0.265 e. The first-order chi connectivity index (χ1) is 18.4. The lowest BCUT2D eigenvalue weighted by Gasteiger charge is -2.25. The Hall–Kier alpha value is -3.17. The van der Waals surface area contributed by atoms with E-state index >= 15 is 0 Å². The van der Waals surface area contributed by atoms with E-state index in [9.17, 15) is 8.42 Å². The number of hydrogen-bond acceptors (Lipinski definition) is 5. The number of halogens is 1. The molecule has 1 aliphatic heterocycles. The average molecular weight is 595 g/mol. The number of ether oxygens (including phenoxy) is 2. The summed E-state index contributed by atoms with van der Waals surface area (Å²) in [6.45, 7) is 2.85. The van der Waals surface area contributed by atoms with Gasteiger partial charge in [0.05, 0.1) is 22.4 Å². The van der Waals surface area contributed by atoms with Gasteiger partial charge in [0.25, 0.3) is 10.0 Å². The zero-order valence-electron chi connectivity index (χ0n) is 20.9. The van der Waals surface area contributed by atoms with Crippen LogP contribution in [0.5, 0.6) is 11.5 Å². The summed E-state index contributed by atoms with van der Waals surface area (Å²) in [5, 5.41) is 0. The van der Waals surface area contributed by atoms with Crippen molar-refractivity contribution >= 4 is 26.0 Å². The second-order valence-corrected chi connectivity index (χ2v) is 12.0. The van der Waals surface area contributed by atoms with E-state index in [1.54, 1.807) is 24.3 Å². The Morgan fingerprint density at radius 1 is 0.816 bits per heavy atom. The van der Waals surface area contributed by atoms with Gasteiger partial charge in [-0.3, -0.25) is 4.84 Å². The molecule has 0 amide bonds. The SMILES string of the molecule is Cc1ccc(S(=O)(=O)N2OC[C@H](Br)[C@H]2c2ccc(OCc3ccccc3)c(OCc3ccccc3)c2)cc1. The molecule has 5 rings (SSSR count). The minimum atomic E-state index is -3.90. The van der Waals surface area contributed by atoms with Crippen molar-refractivity contribution in [2.45, 2.75) is 35.9 Å². The number of alkyl halides is 1. The lowest BCUT2D eigenvalue weighted by molar-refractivity contribution is -0.0500. The quantitative estimate of drug-likeness (QED) is 0.205. The Morgan fingerprint density at radius 3 is 2.00 bits per heavy atom. The summed E-state index contributed by atoms with van der Waals surface area (Å²) >= 11 is 3.64. The van der Waals surface area contributed by atoms with E-state index in [1.807, 2.05) is 85.8 Å². The normalized spacial score (nSPS) is 17.8. The Kier molecular flexibility index (Phi) is 8.14. The molecule has 1 saturated heterocycles. The maximum absolute atomic E-state index is 13.5. The fourth-order valence-electron chi connectivity index (χ4n) is 4.22. The van der Waals surface area contributed by atoms with Crippen LogP contribution in [-0.4, -0.2) is 24.3 Å². The molecule has 0 unspecified atom stereocenters. The largest absolute Gasteiger partial charge is 0.485 e. The second-order valence-electron chi connectivity index (χ2n) is 9.08. The predicted molar refractivity (Wildman–Crippen MR) is 150 cm³/mol. The average Bonchev–Trinajstić information content (AvgIpc) is 3.34. The van der Waals surface area contributed by atoms with Gasteiger partial charge in [-0.2, -0.15) is 0 Å². The van der Waals surface area contributed by atoms with E-state index in [2.05, 4.69) is 15.9 Å². The van der Waals surface area contributed by atoms with Gasteiger partial charge >= 0.3 is 0 Å². The van der Waals surface area contributed by atoms with Crippen LogP contribution in [-0.2, 0) is 28.1 Å². The molecule has 0 N–H and O–H groups in total. The molecule has 1 heterocycles. The molecule has 0 spiro atoms. The van der Waals surface area contributed by atoms with Crippen molar-refractivity contribution in [1.29, 1.82) is 0 Å². The van der Waals surface area contributed by atoms with E-state index in [1.165, 1.54) is 0 Å². The third-order valence-electron chi connectivity index (χ3n) is 6.27. The molecule has 0 aromatic heterocycles. The Bertz CT molecular complexity index is 1460. The number of sulfonamides is 1. The predicted octanol–water partition coefficient (Wildman–Crippen LogP) is 6.59. The molecular formula is C30H28BrNO5S. The topological polar surface area (TPSA) is 65.1 Å². The molecule has 0 bridgehead atoms. The zero-order chi connectivity index (χ0) is 26.5. The molecule has 196 valence electrons. The Morgan fingerprint density at radius 2 is 1.39 bits per heavy atom. The first kappa shape index (κ1) is 26.4. The van der Waals surface area contributed by atoms with E-state index in [4.69, 9.17) is 14.3 Å². The Balaban J connectivity index is 1.45. The minimum Gasteiger partial charge on any atom is -0.485 e. The van der Waals surface area contributed by atoms with Crippen LogP contribution < -0.4 is 9.47 Å². The van der Waals surface area contributed by atoms with Crippen LogP contribution in [0.25, 0.3) is 0 Å². The molecule has 0 saturated carbocycles. The molecule has 38 heavy (non-hydrogen) atoms. The van der Waals surface area contributed by atoms with Crippen molar-refractivity contribution in [2.24, 2.45) is 0 Å².